The highest BCUT2D eigenvalue weighted by Crippen LogP contribution is 2.15. The lowest BCUT2D eigenvalue weighted by molar-refractivity contribution is 0.874. The first-order valence-corrected chi connectivity index (χ1v) is 6.17. The van der Waals surface area contributed by atoms with Gasteiger partial charge < -0.3 is 0 Å². The van der Waals surface area contributed by atoms with Crippen molar-refractivity contribution in [3.8, 4) is 0 Å². The number of halogens is 2. The molecule has 0 aromatic carbocycles. The van der Waals surface area contributed by atoms with Crippen LogP contribution in [0, 0.1) is 0 Å². The fourth-order valence-electron chi connectivity index (χ4n) is 1.58. The zero-order valence-corrected chi connectivity index (χ0v) is 11.0. The van der Waals surface area contributed by atoms with Gasteiger partial charge in [0, 0.05) is 10.7 Å². The molecule has 2 heterocycles. The van der Waals surface area contributed by atoms with Crippen LogP contribution in [0.3, 0.4) is 0 Å². The molecule has 0 aliphatic heterocycles. The van der Waals surface area contributed by atoms with Gasteiger partial charge in [-0.05, 0) is 34.5 Å². The topological polar surface area (TPSA) is 34.4 Å². The van der Waals surface area contributed by atoms with Crippen molar-refractivity contribution in [3.63, 3.8) is 0 Å². The van der Waals surface area contributed by atoms with E-state index >= 15 is 0 Å². The van der Waals surface area contributed by atoms with Crippen LogP contribution in [0.15, 0.2) is 27.6 Å². The predicted molar refractivity (Wildman–Crippen MR) is 68.2 cm³/mol. The molecule has 0 atom stereocenters. The Hall–Kier alpha value is -0.870. The number of nitrogens with zero attached hydrogens (tertiary/aromatic N) is 2. The minimum Gasteiger partial charge on any atom is -0.269 e. The molecule has 2 aromatic rings. The van der Waals surface area contributed by atoms with Crippen molar-refractivity contribution in [2.45, 2.75) is 19.8 Å². The van der Waals surface area contributed by atoms with Crippen LogP contribution in [0.5, 0.6) is 0 Å². The zero-order chi connectivity index (χ0) is 11.7. The van der Waals surface area contributed by atoms with Gasteiger partial charge in [-0.2, -0.15) is 0 Å². The molecule has 0 spiro atoms. The van der Waals surface area contributed by atoms with Crippen LogP contribution in [-0.4, -0.2) is 9.38 Å². The van der Waals surface area contributed by atoms with Gasteiger partial charge in [-0.25, -0.2) is 4.98 Å². The van der Waals surface area contributed by atoms with Crippen LogP contribution in [0.1, 0.15) is 18.9 Å². The quantitative estimate of drug-likeness (QED) is 0.799. The zero-order valence-electron chi connectivity index (χ0n) is 8.70. The van der Waals surface area contributed by atoms with E-state index in [0.717, 1.165) is 10.9 Å². The van der Waals surface area contributed by atoms with E-state index in [2.05, 4.69) is 20.9 Å². The molecule has 0 saturated heterocycles. The van der Waals surface area contributed by atoms with Crippen LogP contribution in [0.4, 0.5) is 0 Å². The molecule has 2 aromatic heterocycles. The summed E-state index contributed by atoms with van der Waals surface area (Å²) < 4.78 is 2.36. The normalized spacial score (nSPS) is 10.9. The van der Waals surface area contributed by atoms with Gasteiger partial charge in [0.15, 0.2) is 0 Å². The van der Waals surface area contributed by atoms with E-state index in [9.17, 15) is 4.79 Å². The van der Waals surface area contributed by atoms with Gasteiger partial charge in [-0.1, -0.05) is 24.9 Å². The van der Waals surface area contributed by atoms with Gasteiger partial charge >= 0.3 is 0 Å². The summed E-state index contributed by atoms with van der Waals surface area (Å²) in [6.45, 7) is 2.01. The summed E-state index contributed by atoms with van der Waals surface area (Å²) in [4.78, 5) is 16.3. The lowest BCUT2D eigenvalue weighted by Crippen LogP contribution is -2.20. The predicted octanol–water partition coefficient (Wildman–Crippen LogP) is 3.06. The van der Waals surface area contributed by atoms with Gasteiger partial charge in [0.1, 0.15) is 10.8 Å². The molecule has 5 heteroatoms. The third-order valence-electron chi connectivity index (χ3n) is 2.33. The summed E-state index contributed by atoms with van der Waals surface area (Å²) >= 11 is 9.32. The summed E-state index contributed by atoms with van der Waals surface area (Å²) in [7, 11) is 0. The number of fused-ring (bicyclic) bond motifs is 1. The van der Waals surface area contributed by atoms with Gasteiger partial charge in [0.2, 0.25) is 0 Å². The molecule has 84 valence electrons. The molecule has 0 fully saturated rings. The van der Waals surface area contributed by atoms with Crippen molar-refractivity contribution in [2.24, 2.45) is 0 Å². The van der Waals surface area contributed by atoms with Crippen LogP contribution in [0.25, 0.3) is 5.65 Å². The Bertz CT molecular complexity index is 594. The van der Waals surface area contributed by atoms with Crippen molar-refractivity contribution in [1.82, 2.24) is 9.38 Å². The van der Waals surface area contributed by atoms with Crippen molar-refractivity contribution in [3.05, 3.63) is 43.9 Å². The maximum absolute atomic E-state index is 12.1. The maximum Gasteiger partial charge on any atom is 0.262 e. The fourth-order valence-corrected chi connectivity index (χ4v) is 2.18. The average molecular weight is 302 g/mol. The second-order valence-corrected chi connectivity index (χ2v) is 4.79. The molecule has 0 unspecified atom stereocenters. The third-order valence-corrected chi connectivity index (χ3v) is 3.11. The smallest absolute Gasteiger partial charge is 0.262 e. The van der Waals surface area contributed by atoms with Gasteiger partial charge in [0.05, 0.1) is 5.56 Å². The maximum atomic E-state index is 12.1. The molecule has 0 N–H and O–H groups in total. The minimum absolute atomic E-state index is 0.0850. The molecule has 0 bridgehead atoms. The number of pyridine rings is 1. The van der Waals surface area contributed by atoms with Crippen molar-refractivity contribution < 1.29 is 0 Å². The Kier molecular flexibility index (Phi) is 3.30. The molecular weight excluding hydrogens is 291 g/mol. The van der Waals surface area contributed by atoms with Gasteiger partial charge in [0.25, 0.3) is 5.56 Å². The summed E-state index contributed by atoms with van der Waals surface area (Å²) in [6, 6.07) is 3.59. The Balaban J connectivity index is 2.80. The van der Waals surface area contributed by atoms with E-state index in [-0.39, 0.29) is 5.56 Å². The summed E-state index contributed by atoms with van der Waals surface area (Å²) in [5, 5.41) is 0.314. The summed E-state index contributed by atoms with van der Waals surface area (Å²) in [6.07, 6.45) is 3.23. The lowest BCUT2D eigenvalue weighted by Gasteiger charge is -2.05. The second-order valence-electron chi connectivity index (χ2n) is 3.51. The van der Waals surface area contributed by atoms with Crippen LogP contribution < -0.4 is 5.56 Å². The van der Waals surface area contributed by atoms with Crippen LogP contribution >= 0.6 is 27.5 Å². The Morgan fingerprint density at radius 1 is 1.50 bits per heavy atom. The second kappa shape index (κ2) is 4.55. The first-order chi connectivity index (χ1) is 7.63. The first-order valence-electron chi connectivity index (χ1n) is 4.99. The van der Waals surface area contributed by atoms with Crippen LogP contribution in [-0.2, 0) is 6.42 Å². The summed E-state index contributed by atoms with van der Waals surface area (Å²) in [5.41, 5.74) is 1.07. The largest absolute Gasteiger partial charge is 0.269 e. The van der Waals surface area contributed by atoms with Crippen LogP contribution in [0.2, 0.25) is 5.15 Å². The number of aromatic nitrogens is 2. The highest BCUT2D eigenvalue weighted by atomic mass is 79.9. The molecule has 0 aliphatic rings. The molecular formula is C11H10BrClN2O. The highest BCUT2D eigenvalue weighted by molar-refractivity contribution is 9.10. The number of hydrogen-bond acceptors (Lipinski definition) is 2. The Labute approximate surface area is 106 Å². The SMILES string of the molecule is CCCc1c(Cl)nc2ccc(Br)cn2c1=O. The fraction of sp³-hybridized carbons (Fsp3) is 0.273. The van der Waals surface area contributed by atoms with E-state index in [1.807, 2.05) is 13.0 Å². The molecule has 3 nitrogen and oxygen atoms in total. The van der Waals surface area contributed by atoms with E-state index < -0.39 is 0 Å². The van der Waals surface area contributed by atoms with Crippen molar-refractivity contribution in [2.75, 3.05) is 0 Å². The highest BCUT2D eigenvalue weighted by Gasteiger charge is 2.10. The Morgan fingerprint density at radius 3 is 2.94 bits per heavy atom. The Morgan fingerprint density at radius 2 is 2.25 bits per heavy atom. The molecule has 0 amide bonds. The average Bonchev–Trinajstić information content (AvgIpc) is 2.26. The standard InChI is InChI=1S/C11H10BrClN2O/c1-2-3-8-10(13)14-9-5-4-7(12)6-15(9)11(8)16/h4-6H,2-3H2,1H3. The van der Waals surface area contributed by atoms with Crippen molar-refractivity contribution in [1.29, 1.82) is 0 Å². The van der Waals surface area contributed by atoms with E-state index in [1.54, 1.807) is 12.3 Å². The van der Waals surface area contributed by atoms with E-state index in [4.69, 9.17) is 11.6 Å². The molecule has 16 heavy (non-hydrogen) atoms. The van der Waals surface area contributed by atoms with Crippen molar-refractivity contribution >= 4 is 33.2 Å². The number of hydrogen-bond donors (Lipinski definition) is 0. The van der Waals surface area contributed by atoms with Gasteiger partial charge in [-0.15, -0.1) is 0 Å². The lowest BCUT2D eigenvalue weighted by atomic mass is 10.2. The third kappa shape index (κ3) is 1.99. The molecule has 0 saturated carbocycles. The molecule has 2 rings (SSSR count). The monoisotopic (exact) mass is 300 g/mol. The minimum atomic E-state index is -0.0850. The summed E-state index contributed by atoms with van der Waals surface area (Å²) in [5.74, 6) is 0. The first kappa shape index (κ1) is 11.6. The number of rotatable bonds is 2. The van der Waals surface area contributed by atoms with Gasteiger partial charge in [-0.3, -0.25) is 9.20 Å². The van der Waals surface area contributed by atoms with E-state index in [0.29, 0.717) is 22.8 Å². The van der Waals surface area contributed by atoms with E-state index in [1.165, 1.54) is 4.40 Å². The molecule has 0 radical (unpaired) electrons. The molecule has 0 aliphatic carbocycles.